The normalized spacial score (nSPS) is 11.2. The summed E-state index contributed by atoms with van der Waals surface area (Å²) >= 11 is 1.56. The van der Waals surface area contributed by atoms with Gasteiger partial charge >= 0.3 is 0 Å². The van der Waals surface area contributed by atoms with Crippen LogP contribution in [-0.2, 0) is 18.7 Å². The summed E-state index contributed by atoms with van der Waals surface area (Å²) in [4.78, 5) is 17.0. The summed E-state index contributed by atoms with van der Waals surface area (Å²) in [6.07, 6.45) is 2.56. The lowest BCUT2D eigenvalue weighted by atomic mass is 10.1. The lowest BCUT2D eigenvalue weighted by Crippen LogP contribution is -2.15. The van der Waals surface area contributed by atoms with E-state index in [0.717, 1.165) is 35.2 Å². The lowest BCUT2D eigenvalue weighted by Gasteiger charge is -2.08. The van der Waals surface area contributed by atoms with Gasteiger partial charge in [-0.05, 0) is 31.0 Å². The molecule has 0 bridgehead atoms. The second-order valence-corrected chi connectivity index (χ2v) is 7.56. The first kappa shape index (κ1) is 18.4. The maximum absolute atomic E-state index is 12.4. The van der Waals surface area contributed by atoms with Gasteiger partial charge in [0.05, 0.1) is 5.69 Å². The Hall–Kier alpha value is -2.93. The molecule has 0 atom stereocenters. The fourth-order valence-corrected chi connectivity index (χ4v) is 4.04. The molecule has 0 aliphatic heterocycles. The van der Waals surface area contributed by atoms with Gasteiger partial charge in [-0.15, -0.1) is 10.2 Å². The van der Waals surface area contributed by atoms with Crippen molar-refractivity contribution in [2.24, 2.45) is 0 Å². The summed E-state index contributed by atoms with van der Waals surface area (Å²) in [6.45, 7) is 4.84. The first-order valence-electron chi connectivity index (χ1n) is 9.22. The average molecular weight is 392 g/mol. The molecule has 4 rings (SSSR count). The van der Waals surface area contributed by atoms with Crippen molar-refractivity contribution in [2.45, 2.75) is 37.7 Å². The average Bonchev–Trinajstić information content (AvgIpc) is 3.09. The van der Waals surface area contributed by atoms with Crippen LogP contribution in [0, 0.1) is 6.92 Å². The SMILES string of the molecule is CCn1c(Cc2ccccc2)nnc1SCc1cc(=O)n2cc(C)ccc2n1. The predicted octanol–water partition coefficient (Wildman–Crippen LogP) is 3.50. The Bertz CT molecular complexity index is 1170. The molecule has 3 aromatic heterocycles. The molecule has 0 N–H and O–H groups in total. The van der Waals surface area contributed by atoms with Crippen LogP contribution >= 0.6 is 11.8 Å². The minimum absolute atomic E-state index is 0.0639. The molecule has 7 heteroatoms. The largest absolute Gasteiger partial charge is 0.306 e. The third-order valence-electron chi connectivity index (χ3n) is 4.52. The Morgan fingerprint density at radius 3 is 2.68 bits per heavy atom. The minimum Gasteiger partial charge on any atom is -0.306 e. The number of aryl methyl sites for hydroxylation is 1. The number of nitrogens with zero attached hydrogens (tertiary/aromatic N) is 5. The highest BCUT2D eigenvalue weighted by molar-refractivity contribution is 7.98. The molecule has 6 nitrogen and oxygen atoms in total. The van der Waals surface area contributed by atoms with Crippen LogP contribution < -0.4 is 5.56 Å². The topological polar surface area (TPSA) is 65.1 Å². The number of hydrogen-bond donors (Lipinski definition) is 0. The first-order valence-corrected chi connectivity index (χ1v) is 10.2. The summed E-state index contributed by atoms with van der Waals surface area (Å²) in [6, 6.07) is 15.7. The van der Waals surface area contributed by atoms with Gasteiger partial charge in [-0.3, -0.25) is 9.20 Å². The Balaban J connectivity index is 1.54. The van der Waals surface area contributed by atoms with Crippen molar-refractivity contribution in [2.75, 3.05) is 0 Å². The Morgan fingerprint density at radius 2 is 1.89 bits per heavy atom. The summed E-state index contributed by atoms with van der Waals surface area (Å²) in [7, 11) is 0. The van der Waals surface area contributed by atoms with Gasteiger partial charge in [-0.25, -0.2) is 4.98 Å². The highest BCUT2D eigenvalue weighted by Gasteiger charge is 2.13. The zero-order valence-electron chi connectivity index (χ0n) is 15.9. The summed E-state index contributed by atoms with van der Waals surface area (Å²) in [5.74, 6) is 1.52. The monoisotopic (exact) mass is 391 g/mol. The van der Waals surface area contributed by atoms with E-state index >= 15 is 0 Å². The Kier molecular flexibility index (Phi) is 5.25. The molecule has 0 radical (unpaired) electrons. The fraction of sp³-hybridized carbons (Fsp3) is 0.238. The molecule has 0 aliphatic rings. The molecule has 0 saturated carbocycles. The fourth-order valence-electron chi connectivity index (χ4n) is 3.12. The molecule has 1 aromatic carbocycles. The molecule has 0 fully saturated rings. The number of rotatable bonds is 6. The van der Waals surface area contributed by atoms with E-state index < -0.39 is 0 Å². The maximum Gasteiger partial charge on any atom is 0.258 e. The molecule has 28 heavy (non-hydrogen) atoms. The molecule has 4 aromatic rings. The number of fused-ring (bicyclic) bond motifs is 1. The van der Waals surface area contributed by atoms with Crippen molar-refractivity contribution in [1.82, 2.24) is 24.1 Å². The van der Waals surface area contributed by atoms with Crippen LogP contribution in [0.2, 0.25) is 0 Å². The summed E-state index contributed by atoms with van der Waals surface area (Å²) < 4.78 is 3.70. The molecular formula is C21H21N5OS. The van der Waals surface area contributed by atoms with E-state index in [1.54, 1.807) is 22.2 Å². The van der Waals surface area contributed by atoms with Crippen LogP contribution in [0.3, 0.4) is 0 Å². The summed E-state index contributed by atoms with van der Waals surface area (Å²) in [5, 5.41) is 9.58. The number of benzene rings is 1. The zero-order chi connectivity index (χ0) is 19.5. The van der Waals surface area contributed by atoms with Gasteiger partial charge < -0.3 is 4.57 Å². The number of thioether (sulfide) groups is 1. The summed E-state index contributed by atoms with van der Waals surface area (Å²) in [5.41, 5.74) is 3.58. The van der Waals surface area contributed by atoms with Crippen molar-refractivity contribution in [3.8, 4) is 0 Å². The van der Waals surface area contributed by atoms with E-state index in [0.29, 0.717) is 11.4 Å². The lowest BCUT2D eigenvalue weighted by molar-refractivity contribution is 0.651. The maximum atomic E-state index is 12.4. The van der Waals surface area contributed by atoms with Crippen molar-refractivity contribution >= 4 is 17.4 Å². The standard InChI is InChI=1S/C21H21N5OS/c1-3-25-19(11-16-7-5-4-6-8-16)23-24-21(25)28-14-17-12-20(27)26-13-15(2)9-10-18(26)22-17/h4-10,12-13H,3,11,14H2,1-2H3. The van der Waals surface area contributed by atoms with Crippen LogP contribution in [-0.4, -0.2) is 24.1 Å². The van der Waals surface area contributed by atoms with Gasteiger partial charge in [0, 0.05) is 31.0 Å². The quantitative estimate of drug-likeness (QED) is 0.471. The third-order valence-corrected chi connectivity index (χ3v) is 5.52. The molecule has 0 amide bonds. The van der Waals surface area contributed by atoms with E-state index in [4.69, 9.17) is 0 Å². The molecule has 142 valence electrons. The predicted molar refractivity (Wildman–Crippen MR) is 111 cm³/mol. The van der Waals surface area contributed by atoms with Crippen LogP contribution in [0.5, 0.6) is 0 Å². The molecular weight excluding hydrogens is 370 g/mol. The highest BCUT2D eigenvalue weighted by Crippen LogP contribution is 2.22. The van der Waals surface area contributed by atoms with Gasteiger partial charge in [0.15, 0.2) is 5.16 Å². The van der Waals surface area contributed by atoms with Gasteiger partial charge in [0.2, 0.25) is 0 Å². The van der Waals surface area contributed by atoms with Crippen LogP contribution in [0.25, 0.3) is 5.65 Å². The van der Waals surface area contributed by atoms with E-state index in [-0.39, 0.29) is 5.56 Å². The van der Waals surface area contributed by atoms with E-state index in [2.05, 4.69) is 38.8 Å². The van der Waals surface area contributed by atoms with Crippen molar-refractivity contribution in [3.05, 3.63) is 87.7 Å². The number of aromatic nitrogens is 5. The van der Waals surface area contributed by atoms with E-state index in [1.165, 1.54) is 5.56 Å². The zero-order valence-corrected chi connectivity index (χ0v) is 16.7. The van der Waals surface area contributed by atoms with Gasteiger partial charge in [-0.1, -0.05) is 48.2 Å². The van der Waals surface area contributed by atoms with Crippen molar-refractivity contribution in [3.63, 3.8) is 0 Å². The minimum atomic E-state index is -0.0639. The van der Waals surface area contributed by atoms with Crippen LogP contribution in [0.1, 0.15) is 29.6 Å². The molecule has 3 heterocycles. The smallest absolute Gasteiger partial charge is 0.258 e. The Morgan fingerprint density at radius 1 is 1.07 bits per heavy atom. The third kappa shape index (κ3) is 3.84. The number of pyridine rings is 1. The van der Waals surface area contributed by atoms with Crippen molar-refractivity contribution in [1.29, 1.82) is 0 Å². The van der Waals surface area contributed by atoms with Crippen LogP contribution in [0.4, 0.5) is 0 Å². The van der Waals surface area contributed by atoms with Crippen LogP contribution in [0.15, 0.2) is 64.7 Å². The number of hydrogen-bond acceptors (Lipinski definition) is 5. The van der Waals surface area contributed by atoms with E-state index in [9.17, 15) is 4.79 Å². The highest BCUT2D eigenvalue weighted by atomic mass is 32.2. The van der Waals surface area contributed by atoms with Gasteiger partial charge in [-0.2, -0.15) is 0 Å². The molecule has 0 spiro atoms. The van der Waals surface area contributed by atoms with Gasteiger partial charge in [0.1, 0.15) is 11.5 Å². The molecule has 0 saturated heterocycles. The van der Waals surface area contributed by atoms with Crippen molar-refractivity contribution < 1.29 is 0 Å². The molecule has 0 unspecified atom stereocenters. The molecule has 0 aliphatic carbocycles. The Labute approximate surface area is 167 Å². The second kappa shape index (κ2) is 7.98. The first-order chi connectivity index (χ1) is 13.6. The second-order valence-electron chi connectivity index (χ2n) is 6.61. The van der Waals surface area contributed by atoms with E-state index in [1.807, 2.05) is 43.5 Å². The van der Waals surface area contributed by atoms with Gasteiger partial charge in [0.25, 0.3) is 5.56 Å².